The Morgan fingerprint density at radius 1 is 1.23 bits per heavy atom. The van der Waals surface area contributed by atoms with Gasteiger partial charge in [-0.05, 0) is 42.2 Å². The van der Waals surface area contributed by atoms with Gasteiger partial charge in [-0.25, -0.2) is 8.42 Å². The molecular weight excluding hydrogens is 404 g/mol. The maximum atomic E-state index is 12.7. The van der Waals surface area contributed by atoms with Gasteiger partial charge >= 0.3 is 0 Å². The molecule has 0 radical (unpaired) electrons. The Morgan fingerprint density at radius 3 is 2.90 bits per heavy atom. The number of methoxy groups -OCH3 is 1. The van der Waals surface area contributed by atoms with Gasteiger partial charge in [0.1, 0.15) is 5.75 Å². The number of hydrogen-bond acceptors (Lipinski definition) is 5. The summed E-state index contributed by atoms with van der Waals surface area (Å²) in [5.74, 6) is 0.455. The predicted molar refractivity (Wildman–Crippen MR) is 114 cm³/mol. The number of H-pyrrole nitrogens is 1. The second kappa shape index (κ2) is 8.45. The minimum Gasteiger partial charge on any atom is -0.497 e. The molecule has 0 saturated carbocycles. The molecule has 1 aromatic heterocycles. The molecule has 1 amide bonds. The van der Waals surface area contributed by atoms with Crippen LogP contribution in [0, 0.1) is 0 Å². The Balaban J connectivity index is 1.30. The minimum atomic E-state index is -3.40. The van der Waals surface area contributed by atoms with E-state index in [0.29, 0.717) is 31.6 Å². The molecule has 2 N–H and O–H groups in total. The first kappa shape index (κ1) is 20.4. The second-order valence-corrected chi connectivity index (χ2v) is 9.35. The smallest absolute Gasteiger partial charge is 0.272 e. The minimum absolute atomic E-state index is 0.0138. The van der Waals surface area contributed by atoms with Gasteiger partial charge in [0.2, 0.25) is 10.0 Å². The van der Waals surface area contributed by atoms with E-state index < -0.39 is 10.0 Å². The first-order valence-corrected chi connectivity index (χ1v) is 11.4. The van der Waals surface area contributed by atoms with Gasteiger partial charge in [-0.2, -0.15) is 9.40 Å². The van der Waals surface area contributed by atoms with Crippen molar-refractivity contribution in [2.45, 2.75) is 19.4 Å². The Morgan fingerprint density at radius 2 is 2.07 bits per heavy atom. The fourth-order valence-corrected chi connectivity index (χ4v) is 5.15. The highest BCUT2D eigenvalue weighted by Crippen LogP contribution is 2.25. The molecule has 9 heteroatoms. The zero-order chi connectivity index (χ0) is 21.1. The van der Waals surface area contributed by atoms with Crippen molar-refractivity contribution < 1.29 is 17.9 Å². The van der Waals surface area contributed by atoms with Gasteiger partial charge < -0.3 is 10.1 Å². The van der Waals surface area contributed by atoms with E-state index >= 15 is 0 Å². The van der Waals surface area contributed by atoms with Crippen molar-refractivity contribution in [2.75, 3.05) is 26.0 Å². The Labute approximate surface area is 175 Å². The molecule has 2 aromatic carbocycles. The lowest BCUT2D eigenvalue weighted by atomic mass is 10.0. The van der Waals surface area contributed by atoms with Crippen molar-refractivity contribution >= 4 is 26.8 Å². The fourth-order valence-electron chi connectivity index (χ4n) is 3.67. The number of para-hydroxylation sites is 1. The van der Waals surface area contributed by atoms with Crippen LogP contribution >= 0.6 is 0 Å². The maximum absolute atomic E-state index is 12.7. The number of ether oxygens (including phenoxy) is 1. The summed E-state index contributed by atoms with van der Waals surface area (Å²) in [5.41, 5.74) is 3.23. The lowest BCUT2D eigenvalue weighted by Crippen LogP contribution is -2.38. The van der Waals surface area contributed by atoms with Crippen molar-refractivity contribution in [2.24, 2.45) is 0 Å². The molecule has 4 rings (SSSR count). The number of nitrogens with one attached hydrogen (secondary N) is 2. The van der Waals surface area contributed by atoms with Crippen molar-refractivity contribution in [1.29, 1.82) is 0 Å². The summed E-state index contributed by atoms with van der Waals surface area (Å²) in [4.78, 5) is 12.4. The van der Waals surface area contributed by atoms with Gasteiger partial charge in [-0.15, -0.1) is 0 Å². The third-order valence-electron chi connectivity index (χ3n) is 5.33. The number of carbonyl (C=O) groups is 1. The number of carbonyl (C=O) groups excluding carboxylic acids is 1. The molecule has 0 aliphatic carbocycles. The summed E-state index contributed by atoms with van der Waals surface area (Å²) < 4.78 is 32.2. The monoisotopic (exact) mass is 428 g/mol. The van der Waals surface area contributed by atoms with Crippen LogP contribution in [-0.2, 0) is 23.0 Å². The molecule has 0 saturated heterocycles. The third kappa shape index (κ3) is 4.17. The van der Waals surface area contributed by atoms with Crippen LogP contribution in [0.4, 0.5) is 0 Å². The number of rotatable bonds is 7. The van der Waals surface area contributed by atoms with E-state index in [4.69, 9.17) is 4.74 Å². The lowest BCUT2D eigenvalue weighted by molar-refractivity contribution is 0.0950. The molecule has 0 bridgehead atoms. The van der Waals surface area contributed by atoms with Crippen LogP contribution in [0.15, 0.2) is 42.5 Å². The molecule has 30 heavy (non-hydrogen) atoms. The largest absolute Gasteiger partial charge is 0.497 e. The van der Waals surface area contributed by atoms with E-state index in [9.17, 15) is 13.2 Å². The zero-order valence-electron chi connectivity index (χ0n) is 16.7. The highest BCUT2D eigenvalue weighted by molar-refractivity contribution is 7.89. The zero-order valence-corrected chi connectivity index (χ0v) is 17.5. The molecule has 158 valence electrons. The van der Waals surface area contributed by atoms with Crippen LogP contribution < -0.4 is 10.1 Å². The SMILES string of the molecule is COc1ccc2c(c1)CCN(S(=O)(=O)CCCNC(=O)c1n[nH]c3ccccc13)C2. The van der Waals surface area contributed by atoms with Crippen LogP contribution in [-0.4, -0.2) is 54.8 Å². The van der Waals surface area contributed by atoms with Crippen LogP contribution in [0.3, 0.4) is 0 Å². The number of fused-ring (bicyclic) bond motifs is 2. The molecule has 0 atom stereocenters. The van der Waals surface area contributed by atoms with E-state index in [2.05, 4.69) is 15.5 Å². The summed E-state index contributed by atoms with van der Waals surface area (Å²) in [6.07, 6.45) is 0.997. The molecule has 2 heterocycles. The molecule has 8 nitrogen and oxygen atoms in total. The standard InChI is InChI=1S/C21H24N4O4S/c1-29-17-8-7-16-14-25(11-9-15(16)13-17)30(27,28)12-4-10-22-21(26)20-18-5-2-3-6-19(18)23-24-20/h2-3,5-8,13H,4,9-12,14H2,1H3,(H,22,26)(H,23,24). The number of amides is 1. The fraction of sp³-hybridized carbons (Fsp3) is 0.333. The van der Waals surface area contributed by atoms with Gasteiger partial charge in [-0.3, -0.25) is 9.89 Å². The number of benzene rings is 2. The van der Waals surface area contributed by atoms with E-state index in [1.165, 1.54) is 4.31 Å². The Bertz CT molecular complexity index is 1170. The lowest BCUT2D eigenvalue weighted by Gasteiger charge is -2.28. The number of nitrogens with zero attached hydrogens (tertiary/aromatic N) is 2. The molecule has 0 unspecified atom stereocenters. The van der Waals surface area contributed by atoms with Crippen molar-refractivity contribution in [3.63, 3.8) is 0 Å². The average Bonchev–Trinajstić information content (AvgIpc) is 3.20. The van der Waals surface area contributed by atoms with Crippen molar-refractivity contribution in [3.05, 3.63) is 59.3 Å². The number of sulfonamides is 1. The van der Waals surface area contributed by atoms with Gasteiger partial charge in [0.25, 0.3) is 5.91 Å². The highest BCUT2D eigenvalue weighted by Gasteiger charge is 2.26. The van der Waals surface area contributed by atoms with Gasteiger partial charge in [-0.1, -0.05) is 24.3 Å². The van der Waals surface area contributed by atoms with Gasteiger partial charge in [0, 0.05) is 25.0 Å². The third-order valence-corrected chi connectivity index (χ3v) is 7.24. The topological polar surface area (TPSA) is 104 Å². The van der Waals surface area contributed by atoms with Crippen LogP contribution in [0.2, 0.25) is 0 Å². The predicted octanol–water partition coefficient (Wildman–Crippen LogP) is 2.08. The van der Waals surface area contributed by atoms with Gasteiger partial charge in [0.15, 0.2) is 5.69 Å². The summed E-state index contributed by atoms with van der Waals surface area (Å²) >= 11 is 0. The quantitative estimate of drug-likeness (QED) is 0.561. The average molecular weight is 429 g/mol. The van der Waals surface area contributed by atoms with Crippen molar-refractivity contribution in [1.82, 2.24) is 19.8 Å². The number of aromatic nitrogens is 2. The summed E-state index contributed by atoms with van der Waals surface area (Å²) in [6, 6.07) is 13.1. The maximum Gasteiger partial charge on any atom is 0.272 e. The molecule has 0 spiro atoms. The highest BCUT2D eigenvalue weighted by atomic mass is 32.2. The van der Waals surface area contributed by atoms with E-state index in [-0.39, 0.29) is 18.2 Å². The molecular formula is C21H24N4O4S. The Hall–Kier alpha value is -2.91. The molecule has 1 aliphatic heterocycles. The van der Waals surface area contributed by atoms with E-state index in [1.54, 1.807) is 7.11 Å². The second-order valence-electron chi connectivity index (χ2n) is 7.26. The Kier molecular flexibility index (Phi) is 5.74. The van der Waals surface area contributed by atoms with Crippen LogP contribution in [0.5, 0.6) is 5.75 Å². The van der Waals surface area contributed by atoms with E-state index in [0.717, 1.165) is 27.8 Å². The number of hydrogen-bond donors (Lipinski definition) is 2. The number of aromatic amines is 1. The molecule has 1 aliphatic rings. The molecule has 0 fully saturated rings. The van der Waals surface area contributed by atoms with Gasteiger partial charge in [0.05, 0.1) is 18.4 Å². The molecule has 3 aromatic rings. The summed E-state index contributed by atoms with van der Waals surface area (Å²) in [7, 11) is -1.78. The van der Waals surface area contributed by atoms with Crippen LogP contribution in [0.1, 0.15) is 28.0 Å². The van der Waals surface area contributed by atoms with E-state index in [1.807, 2.05) is 42.5 Å². The van der Waals surface area contributed by atoms with Crippen LogP contribution in [0.25, 0.3) is 10.9 Å². The normalized spacial score (nSPS) is 14.4. The first-order valence-electron chi connectivity index (χ1n) is 9.83. The summed E-state index contributed by atoms with van der Waals surface area (Å²) in [5, 5.41) is 10.4. The van der Waals surface area contributed by atoms with Crippen molar-refractivity contribution in [3.8, 4) is 5.75 Å². The first-order chi connectivity index (χ1) is 14.5. The summed E-state index contributed by atoms with van der Waals surface area (Å²) in [6.45, 7) is 1.09.